The maximum atomic E-state index is 12.7. The van der Waals surface area contributed by atoms with Crippen molar-refractivity contribution in [2.45, 2.75) is 25.8 Å². The van der Waals surface area contributed by atoms with Crippen LogP contribution in [0.4, 0.5) is 0 Å². The molecule has 152 valence electrons. The van der Waals surface area contributed by atoms with Crippen molar-refractivity contribution < 1.29 is 17.9 Å². The number of ether oxygens (including phenoxy) is 1. The number of likely N-dealkylation sites (N-methyl/N-ethyl adjacent to an activating group) is 1. The number of carbonyl (C=O) groups excluding carboxylic acids is 1. The van der Waals surface area contributed by atoms with Crippen molar-refractivity contribution >= 4 is 15.9 Å². The molecule has 0 aliphatic carbocycles. The summed E-state index contributed by atoms with van der Waals surface area (Å²) < 4.78 is 30.5. The molecule has 1 unspecified atom stereocenters. The Hall–Kier alpha value is -2.38. The van der Waals surface area contributed by atoms with Gasteiger partial charge in [0.2, 0.25) is 15.9 Å². The van der Waals surface area contributed by atoms with Gasteiger partial charge in [0.05, 0.1) is 12.9 Å². The summed E-state index contributed by atoms with van der Waals surface area (Å²) in [6.45, 7) is 3.05. The molecule has 28 heavy (non-hydrogen) atoms. The van der Waals surface area contributed by atoms with E-state index in [4.69, 9.17) is 4.74 Å². The zero-order chi connectivity index (χ0) is 20.6. The van der Waals surface area contributed by atoms with Crippen LogP contribution in [-0.2, 0) is 21.2 Å². The highest BCUT2D eigenvalue weighted by Gasteiger charge is 2.30. The van der Waals surface area contributed by atoms with E-state index < -0.39 is 16.1 Å². The molecule has 0 saturated heterocycles. The minimum Gasteiger partial charge on any atom is -0.494 e. The zero-order valence-corrected chi connectivity index (χ0v) is 17.4. The number of sulfonamides is 1. The third-order valence-electron chi connectivity index (χ3n) is 4.43. The van der Waals surface area contributed by atoms with Gasteiger partial charge in [-0.05, 0) is 43.0 Å². The number of nitrogens with one attached hydrogen (secondary N) is 1. The molecule has 2 aromatic carbocycles. The molecule has 2 aromatic rings. The van der Waals surface area contributed by atoms with Gasteiger partial charge in [-0.15, -0.1) is 0 Å². The van der Waals surface area contributed by atoms with Crippen molar-refractivity contribution in [2.75, 3.05) is 26.5 Å². The lowest BCUT2D eigenvalue weighted by Gasteiger charge is -2.25. The SMILES string of the molecule is CCOc1ccc(CCCNC(=O)C(c2ccccc2)N(C)S(C)(=O)=O)cc1. The maximum absolute atomic E-state index is 12.7. The summed E-state index contributed by atoms with van der Waals surface area (Å²) in [5.41, 5.74) is 1.80. The second-order valence-corrected chi connectivity index (χ2v) is 8.61. The quantitative estimate of drug-likeness (QED) is 0.618. The lowest BCUT2D eigenvalue weighted by atomic mass is 10.1. The van der Waals surface area contributed by atoms with Crippen molar-refractivity contribution in [3.63, 3.8) is 0 Å². The Labute approximate surface area is 167 Å². The second kappa shape index (κ2) is 10.2. The van der Waals surface area contributed by atoms with Gasteiger partial charge in [0.15, 0.2) is 0 Å². The number of aryl methyl sites for hydroxylation is 1. The molecule has 0 bridgehead atoms. The fourth-order valence-corrected chi connectivity index (χ4v) is 3.47. The van der Waals surface area contributed by atoms with Crippen LogP contribution in [0, 0.1) is 0 Å². The number of hydrogen-bond acceptors (Lipinski definition) is 4. The van der Waals surface area contributed by atoms with E-state index in [2.05, 4.69) is 5.32 Å². The predicted octanol–water partition coefficient (Wildman–Crippen LogP) is 2.77. The van der Waals surface area contributed by atoms with Crippen molar-refractivity contribution in [2.24, 2.45) is 0 Å². The lowest BCUT2D eigenvalue weighted by molar-refractivity contribution is -0.124. The molecule has 6 nitrogen and oxygen atoms in total. The number of amides is 1. The molecule has 0 spiro atoms. The lowest BCUT2D eigenvalue weighted by Crippen LogP contribution is -2.41. The minimum absolute atomic E-state index is 0.328. The fourth-order valence-electron chi connectivity index (χ4n) is 2.87. The first-order chi connectivity index (χ1) is 13.3. The van der Waals surface area contributed by atoms with Crippen molar-refractivity contribution in [1.29, 1.82) is 0 Å². The summed E-state index contributed by atoms with van der Waals surface area (Å²) in [6.07, 6.45) is 2.66. The molecule has 0 radical (unpaired) electrons. The van der Waals surface area contributed by atoms with Crippen LogP contribution in [0.1, 0.15) is 30.5 Å². The van der Waals surface area contributed by atoms with E-state index in [1.165, 1.54) is 7.05 Å². The molecular formula is C21H28N2O4S. The second-order valence-electron chi connectivity index (χ2n) is 6.56. The van der Waals surface area contributed by atoms with Gasteiger partial charge in [-0.1, -0.05) is 42.5 Å². The Balaban J connectivity index is 1.94. The van der Waals surface area contributed by atoms with Gasteiger partial charge >= 0.3 is 0 Å². The van der Waals surface area contributed by atoms with Crippen LogP contribution in [0.3, 0.4) is 0 Å². The monoisotopic (exact) mass is 404 g/mol. The van der Waals surface area contributed by atoms with Crippen LogP contribution in [0.25, 0.3) is 0 Å². The highest BCUT2D eigenvalue weighted by molar-refractivity contribution is 7.88. The van der Waals surface area contributed by atoms with E-state index in [0.29, 0.717) is 18.7 Å². The van der Waals surface area contributed by atoms with Gasteiger partial charge < -0.3 is 10.1 Å². The van der Waals surface area contributed by atoms with E-state index in [0.717, 1.165) is 34.7 Å². The molecule has 2 rings (SSSR count). The van der Waals surface area contributed by atoms with Gasteiger partial charge in [0, 0.05) is 13.6 Å². The first-order valence-electron chi connectivity index (χ1n) is 9.30. The molecule has 0 heterocycles. The first-order valence-corrected chi connectivity index (χ1v) is 11.1. The normalized spacial score (nSPS) is 12.6. The average Bonchev–Trinajstić information content (AvgIpc) is 2.67. The summed E-state index contributed by atoms with van der Waals surface area (Å²) in [4.78, 5) is 12.7. The fraction of sp³-hybridized carbons (Fsp3) is 0.381. The molecule has 1 N–H and O–H groups in total. The summed E-state index contributed by atoms with van der Waals surface area (Å²) in [5, 5.41) is 2.87. The van der Waals surface area contributed by atoms with Crippen molar-refractivity contribution in [3.05, 3.63) is 65.7 Å². The van der Waals surface area contributed by atoms with Gasteiger partial charge in [-0.25, -0.2) is 8.42 Å². The van der Waals surface area contributed by atoms with E-state index in [-0.39, 0.29) is 5.91 Å². The standard InChI is InChI=1S/C21H28N2O4S/c1-4-27-19-14-12-17(13-15-19)9-8-16-22-21(24)20(23(2)28(3,25)26)18-10-6-5-7-11-18/h5-7,10-15,20H,4,8-9,16H2,1-3H3,(H,22,24). The van der Waals surface area contributed by atoms with Crippen LogP contribution in [0.2, 0.25) is 0 Å². The molecule has 0 aliphatic heterocycles. The van der Waals surface area contributed by atoms with Crippen molar-refractivity contribution in [1.82, 2.24) is 9.62 Å². The van der Waals surface area contributed by atoms with E-state index in [1.807, 2.05) is 37.3 Å². The molecule has 7 heteroatoms. The predicted molar refractivity (Wildman–Crippen MR) is 111 cm³/mol. The third-order valence-corrected chi connectivity index (χ3v) is 5.68. The molecular weight excluding hydrogens is 376 g/mol. The summed E-state index contributed by atoms with van der Waals surface area (Å²) >= 11 is 0. The van der Waals surface area contributed by atoms with Crippen LogP contribution >= 0.6 is 0 Å². The van der Waals surface area contributed by atoms with Crippen LogP contribution in [-0.4, -0.2) is 45.1 Å². The topological polar surface area (TPSA) is 75.7 Å². The Kier molecular flexibility index (Phi) is 8.02. The molecule has 0 saturated carbocycles. The smallest absolute Gasteiger partial charge is 0.242 e. The van der Waals surface area contributed by atoms with Crippen LogP contribution in [0.5, 0.6) is 5.75 Å². The number of rotatable bonds is 10. The summed E-state index contributed by atoms with van der Waals surface area (Å²) in [6, 6.07) is 15.9. The third kappa shape index (κ3) is 6.35. The average molecular weight is 405 g/mol. The molecule has 0 aromatic heterocycles. The highest BCUT2D eigenvalue weighted by Crippen LogP contribution is 2.22. The van der Waals surface area contributed by atoms with Gasteiger partial charge in [0.25, 0.3) is 0 Å². The molecule has 1 amide bonds. The zero-order valence-electron chi connectivity index (χ0n) is 16.6. The minimum atomic E-state index is -3.52. The Morgan fingerprint density at radius 2 is 1.75 bits per heavy atom. The number of carbonyl (C=O) groups is 1. The van der Waals surface area contributed by atoms with E-state index >= 15 is 0 Å². The van der Waals surface area contributed by atoms with Gasteiger partial charge in [-0.2, -0.15) is 4.31 Å². The van der Waals surface area contributed by atoms with Gasteiger partial charge in [0.1, 0.15) is 11.8 Å². The first kappa shape index (κ1) is 21.9. The number of nitrogens with zero attached hydrogens (tertiary/aromatic N) is 1. The highest BCUT2D eigenvalue weighted by atomic mass is 32.2. The molecule has 0 fully saturated rings. The Morgan fingerprint density at radius 3 is 2.32 bits per heavy atom. The van der Waals surface area contributed by atoms with Gasteiger partial charge in [-0.3, -0.25) is 4.79 Å². The van der Waals surface area contributed by atoms with Crippen LogP contribution < -0.4 is 10.1 Å². The van der Waals surface area contributed by atoms with E-state index in [1.54, 1.807) is 24.3 Å². The number of benzene rings is 2. The van der Waals surface area contributed by atoms with Crippen molar-refractivity contribution in [3.8, 4) is 5.75 Å². The molecule has 0 aliphatic rings. The molecule has 1 atom stereocenters. The largest absolute Gasteiger partial charge is 0.494 e. The Morgan fingerprint density at radius 1 is 1.11 bits per heavy atom. The maximum Gasteiger partial charge on any atom is 0.242 e. The number of hydrogen-bond donors (Lipinski definition) is 1. The Bertz CT molecular complexity index is 852. The van der Waals surface area contributed by atoms with E-state index in [9.17, 15) is 13.2 Å². The summed E-state index contributed by atoms with van der Waals surface area (Å²) in [7, 11) is -2.09. The summed E-state index contributed by atoms with van der Waals surface area (Å²) in [5.74, 6) is 0.514. The van der Waals surface area contributed by atoms with Crippen LogP contribution in [0.15, 0.2) is 54.6 Å².